The summed E-state index contributed by atoms with van der Waals surface area (Å²) in [6.45, 7) is 4.24. The van der Waals surface area contributed by atoms with Crippen LogP contribution >= 0.6 is 0 Å². The molecule has 3 heterocycles. The predicted octanol–water partition coefficient (Wildman–Crippen LogP) is 4.73. The molecule has 2 aromatic carbocycles. The second-order valence-electron chi connectivity index (χ2n) is 8.66. The molecule has 0 radical (unpaired) electrons. The minimum atomic E-state index is -1.02. The van der Waals surface area contributed by atoms with E-state index in [-0.39, 0.29) is 23.8 Å². The van der Waals surface area contributed by atoms with Crippen molar-refractivity contribution in [2.45, 2.75) is 26.9 Å². The number of hydrogen-bond donors (Lipinski definition) is 3. The summed E-state index contributed by atoms with van der Waals surface area (Å²) in [7, 11) is 1.89. The van der Waals surface area contributed by atoms with E-state index < -0.39 is 17.5 Å². The van der Waals surface area contributed by atoms with Gasteiger partial charge >= 0.3 is 0 Å². The highest BCUT2D eigenvalue weighted by atomic mass is 19.2. The van der Waals surface area contributed by atoms with Gasteiger partial charge in [0.2, 0.25) is 0 Å². The first-order valence-corrected chi connectivity index (χ1v) is 12.7. The summed E-state index contributed by atoms with van der Waals surface area (Å²) in [6, 6.07) is 12.9. The fourth-order valence-electron chi connectivity index (χ4n) is 4.09. The Balaban J connectivity index is 0.00000189. The molecule has 3 aromatic heterocycles. The summed E-state index contributed by atoms with van der Waals surface area (Å²) in [4.78, 5) is 29.5. The number of anilines is 2. The molecular weight excluding hydrogens is 528 g/mol. The van der Waals surface area contributed by atoms with Crippen LogP contribution in [0, 0.1) is 23.0 Å². The molecule has 0 fully saturated rings. The minimum Gasteiger partial charge on any atom is -0.383 e. The van der Waals surface area contributed by atoms with Crippen molar-refractivity contribution in [1.82, 2.24) is 29.8 Å². The predicted molar refractivity (Wildman–Crippen MR) is 151 cm³/mol. The lowest BCUT2D eigenvalue weighted by molar-refractivity contribution is 0.0946. The van der Waals surface area contributed by atoms with Crippen LogP contribution in [0.2, 0.25) is 0 Å². The van der Waals surface area contributed by atoms with Gasteiger partial charge in [0.05, 0.1) is 11.6 Å². The first-order valence-electron chi connectivity index (χ1n) is 12.7. The summed E-state index contributed by atoms with van der Waals surface area (Å²) in [5.74, 6) is -2.06. The Morgan fingerprint density at radius 1 is 1.02 bits per heavy atom. The van der Waals surface area contributed by atoms with Gasteiger partial charge in [0.15, 0.2) is 28.8 Å². The van der Waals surface area contributed by atoms with Crippen LogP contribution in [0.1, 0.15) is 41.2 Å². The van der Waals surface area contributed by atoms with Crippen molar-refractivity contribution in [2.75, 3.05) is 11.1 Å². The van der Waals surface area contributed by atoms with E-state index in [2.05, 4.69) is 30.6 Å². The molecule has 0 aliphatic rings. The van der Waals surface area contributed by atoms with Crippen LogP contribution in [0.3, 0.4) is 0 Å². The van der Waals surface area contributed by atoms with Gasteiger partial charge in [-0.15, -0.1) is 0 Å². The molecule has 5 aromatic rings. The molecule has 0 spiro atoms. The Labute approximate surface area is 234 Å². The molecule has 10 nitrogen and oxygen atoms in total. The van der Waals surface area contributed by atoms with Crippen LogP contribution < -0.4 is 16.4 Å². The number of nitriles is 1. The monoisotopic (exact) mass is 555 g/mol. The molecule has 208 valence electrons. The second-order valence-corrected chi connectivity index (χ2v) is 8.66. The normalized spacial score (nSPS) is 10.4. The van der Waals surface area contributed by atoms with Gasteiger partial charge in [-0.2, -0.15) is 5.26 Å². The van der Waals surface area contributed by atoms with Crippen LogP contribution in [-0.2, 0) is 20.1 Å². The molecule has 0 aliphatic carbocycles. The SMILES string of the molecule is CC.Cn1cc(-c2ccc(CNc3ncc(C#N)nc3C(=O)NCc3ccc(F)c(F)c3)cc2)c2c(N)ncnc21. The van der Waals surface area contributed by atoms with Gasteiger partial charge in [-0.1, -0.05) is 44.2 Å². The van der Waals surface area contributed by atoms with Crippen LogP contribution in [0.15, 0.2) is 61.2 Å². The third-order valence-electron chi connectivity index (χ3n) is 6.05. The van der Waals surface area contributed by atoms with E-state index in [1.165, 1.54) is 18.6 Å². The van der Waals surface area contributed by atoms with Gasteiger partial charge in [-0.25, -0.2) is 28.7 Å². The molecule has 12 heteroatoms. The number of aryl methyl sites for hydroxylation is 1. The Morgan fingerprint density at radius 3 is 2.46 bits per heavy atom. The maximum atomic E-state index is 13.5. The van der Waals surface area contributed by atoms with E-state index in [0.717, 1.165) is 39.9 Å². The zero-order valence-electron chi connectivity index (χ0n) is 22.6. The highest BCUT2D eigenvalue weighted by Gasteiger charge is 2.17. The van der Waals surface area contributed by atoms with E-state index >= 15 is 0 Å². The smallest absolute Gasteiger partial charge is 0.274 e. The van der Waals surface area contributed by atoms with Gasteiger partial charge in [0.1, 0.15) is 23.9 Å². The van der Waals surface area contributed by atoms with Crippen molar-refractivity contribution in [1.29, 1.82) is 5.26 Å². The van der Waals surface area contributed by atoms with E-state index in [4.69, 9.17) is 5.73 Å². The minimum absolute atomic E-state index is 0.0405. The zero-order valence-corrected chi connectivity index (χ0v) is 22.6. The highest BCUT2D eigenvalue weighted by Crippen LogP contribution is 2.32. The lowest BCUT2D eigenvalue weighted by Gasteiger charge is -2.12. The number of benzene rings is 2. The molecule has 41 heavy (non-hydrogen) atoms. The molecule has 0 unspecified atom stereocenters. The maximum absolute atomic E-state index is 13.5. The quantitative estimate of drug-likeness (QED) is 0.261. The summed E-state index contributed by atoms with van der Waals surface area (Å²) < 4.78 is 28.6. The number of nitrogen functional groups attached to an aromatic ring is 1. The van der Waals surface area contributed by atoms with Crippen molar-refractivity contribution in [2.24, 2.45) is 7.05 Å². The molecule has 0 aliphatic heterocycles. The van der Waals surface area contributed by atoms with E-state index in [1.54, 1.807) is 0 Å². The first-order chi connectivity index (χ1) is 19.8. The lowest BCUT2D eigenvalue weighted by Crippen LogP contribution is -2.26. The number of fused-ring (bicyclic) bond motifs is 1. The fourth-order valence-corrected chi connectivity index (χ4v) is 4.09. The third-order valence-corrected chi connectivity index (χ3v) is 6.05. The summed E-state index contributed by atoms with van der Waals surface area (Å²) in [6.07, 6.45) is 4.63. The van der Waals surface area contributed by atoms with Gasteiger partial charge in [0.25, 0.3) is 5.91 Å². The molecule has 1 amide bonds. The number of aromatic nitrogens is 5. The zero-order chi connectivity index (χ0) is 29.5. The average molecular weight is 556 g/mol. The number of halogens is 2. The van der Waals surface area contributed by atoms with Crippen molar-refractivity contribution < 1.29 is 13.6 Å². The van der Waals surface area contributed by atoms with Crippen molar-refractivity contribution >= 4 is 28.6 Å². The summed E-state index contributed by atoms with van der Waals surface area (Å²) in [5.41, 5.74) is 9.79. The number of nitrogens with zero attached hydrogens (tertiary/aromatic N) is 6. The van der Waals surface area contributed by atoms with Gasteiger partial charge in [-0.05, 0) is 28.8 Å². The molecule has 0 bridgehead atoms. The van der Waals surface area contributed by atoms with Crippen molar-refractivity contribution in [3.05, 3.63) is 95.3 Å². The Kier molecular flexibility index (Phi) is 8.79. The number of carbonyl (C=O) groups is 1. The third kappa shape index (κ3) is 6.25. The number of amides is 1. The van der Waals surface area contributed by atoms with Gasteiger partial charge in [0, 0.05) is 31.9 Å². The number of hydrogen-bond acceptors (Lipinski definition) is 8. The molecule has 0 saturated heterocycles. The Bertz CT molecular complexity index is 1740. The molecule has 4 N–H and O–H groups in total. The topological polar surface area (TPSA) is 147 Å². The molecule has 0 saturated carbocycles. The summed E-state index contributed by atoms with van der Waals surface area (Å²) >= 11 is 0. The molecule has 0 atom stereocenters. The number of rotatable bonds is 7. The maximum Gasteiger partial charge on any atom is 0.274 e. The van der Waals surface area contributed by atoms with E-state index in [0.29, 0.717) is 17.9 Å². The Morgan fingerprint density at radius 2 is 1.76 bits per heavy atom. The van der Waals surface area contributed by atoms with Crippen molar-refractivity contribution in [3.8, 4) is 17.2 Å². The summed E-state index contributed by atoms with van der Waals surface area (Å²) in [5, 5.41) is 15.7. The first kappa shape index (κ1) is 28.6. The van der Waals surface area contributed by atoms with E-state index in [9.17, 15) is 18.8 Å². The van der Waals surface area contributed by atoms with Gasteiger partial charge < -0.3 is 20.9 Å². The van der Waals surface area contributed by atoms with Crippen LogP contribution in [0.5, 0.6) is 0 Å². The van der Waals surface area contributed by atoms with Crippen LogP contribution in [0.25, 0.3) is 22.2 Å². The Hall–Kier alpha value is -5.44. The molecule has 5 rings (SSSR count). The largest absolute Gasteiger partial charge is 0.383 e. The number of nitrogens with two attached hydrogens (primary N) is 1. The number of carbonyl (C=O) groups excluding carboxylic acids is 1. The average Bonchev–Trinajstić information content (AvgIpc) is 3.35. The lowest BCUT2D eigenvalue weighted by atomic mass is 10.0. The van der Waals surface area contributed by atoms with Crippen LogP contribution in [0.4, 0.5) is 20.4 Å². The number of nitrogens with one attached hydrogen (secondary N) is 2. The fraction of sp³-hybridized carbons (Fsp3) is 0.172. The van der Waals surface area contributed by atoms with Crippen LogP contribution in [-0.4, -0.2) is 30.4 Å². The standard InChI is InChI=1S/C27H21F2N9O.C2H6/c1-38-13-19(22-24(31)35-14-36-26(22)38)17-5-2-15(3-6-17)10-32-25-23(37-18(9-30)12-33-25)27(39)34-11-16-4-7-20(28)21(29)8-16;1-2/h2-8,12-14H,10-11H2,1H3,(H,32,33)(H,34,39)(H2,31,35,36);1-2H3. The molecular formula is C29H27F2N9O. The highest BCUT2D eigenvalue weighted by molar-refractivity contribution is 6.00. The second kappa shape index (κ2) is 12.6. The van der Waals surface area contributed by atoms with Crippen molar-refractivity contribution in [3.63, 3.8) is 0 Å². The van der Waals surface area contributed by atoms with Gasteiger partial charge in [-0.3, -0.25) is 4.79 Å². The van der Waals surface area contributed by atoms with E-state index in [1.807, 2.05) is 62.0 Å².